The molecule has 0 amide bonds. The van der Waals surface area contributed by atoms with Gasteiger partial charge in [-0.3, -0.25) is 0 Å². The number of hydrogen-bond acceptors (Lipinski definition) is 18. The van der Waals surface area contributed by atoms with Crippen LogP contribution in [0, 0.1) is 0 Å². The molecule has 6 N–H and O–H groups in total. The van der Waals surface area contributed by atoms with Gasteiger partial charge in [0.2, 0.25) is 0 Å². The number of carboxylic acid groups (broad SMARTS) is 6. The van der Waals surface area contributed by atoms with E-state index < -0.39 is 72.4 Å². The summed E-state index contributed by atoms with van der Waals surface area (Å²) in [4.78, 5) is 57.8. The molecular formula is C12H12O18Sb2. The summed E-state index contributed by atoms with van der Waals surface area (Å²) in [5, 5.41) is 107. The second-order valence-electron chi connectivity index (χ2n) is 4.58. The van der Waals surface area contributed by atoms with Crippen molar-refractivity contribution >= 4 is 84.7 Å². The van der Waals surface area contributed by atoms with Crippen molar-refractivity contribution in [1.82, 2.24) is 0 Å². The predicted molar refractivity (Wildman–Crippen MR) is 77.6 cm³/mol. The van der Waals surface area contributed by atoms with Gasteiger partial charge in [0.15, 0.2) is 0 Å². The Labute approximate surface area is 210 Å². The molecule has 0 aromatic heterocycles. The maximum absolute atomic E-state index is 9.63. The van der Waals surface area contributed by atoms with Crippen molar-refractivity contribution < 1.29 is 90.0 Å². The second kappa shape index (κ2) is 19.9. The molecule has 0 saturated carbocycles. The summed E-state index contributed by atoms with van der Waals surface area (Å²) in [7, 11) is 0. The van der Waals surface area contributed by atoms with Gasteiger partial charge >= 0.3 is 48.9 Å². The molecule has 0 heterocycles. The maximum atomic E-state index is 9.63. The molecule has 0 spiro atoms. The Balaban J connectivity index is -0.000000110. The summed E-state index contributed by atoms with van der Waals surface area (Å²) in [5.74, 6) is -12.4. The molecular weight excluding hydrogens is 676 g/mol. The van der Waals surface area contributed by atoms with Crippen molar-refractivity contribution in [2.75, 3.05) is 0 Å². The van der Waals surface area contributed by atoms with Crippen LogP contribution in [-0.2, 0) is 28.8 Å². The number of carbonyl (C=O) groups is 6. The summed E-state index contributed by atoms with van der Waals surface area (Å²) in [6, 6.07) is 0. The molecule has 32 heavy (non-hydrogen) atoms. The van der Waals surface area contributed by atoms with E-state index in [-0.39, 0.29) is 48.9 Å². The van der Waals surface area contributed by atoms with Gasteiger partial charge in [0.1, 0.15) is 36.6 Å². The molecule has 0 unspecified atom stereocenters. The minimum Gasteiger partial charge on any atom is -0.547 e. The first-order valence-corrected chi connectivity index (χ1v) is 6.73. The summed E-state index contributed by atoms with van der Waals surface area (Å²) in [5.41, 5.74) is 0. The van der Waals surface area contributed by atoms with E-state index in [9.17, 15) is 59.4 Å². The fourth-order valence-electron chi connectivity index (χ4n) is 0.773. The molecule has 0 aliphatic carbocycles. The van der Waals surface area contributed by atoms with Crippen LogP contribution in [-0.4, -0.2) is 152 Å². The fourth-order valence-corrected chi connectivity index (χ4v) is 0.773. The van der Waals surface area contributed by atoms with Crippen molar-refractivity contribution in [3.05, 3.63) is 0 Å². The number of carbonyl (C=O) groups excluding carboxylic acids is 6. The third-order valence-corrected chi connectivity index (χ3v) is 2.35. The average molecular weight is 688 g/mol. The number of aliphatic carboxylic acids is 6. The molecule has 0 fully saturated rings. The molecule has 4 radical (unpaired) electrons. The molecule has 6 atom stereocenters. The second-order valence-corrected chi connectivity index (χ2v) is 4.58. The van der Waals surface area contributed by atoms with Gasteiger partial charge in [-0.15, -0.1) is 0 Å². The van der Waals surface area contributed by atoms with Gasteiger partial charge in [-0.2, -0.15) is 0 Å². The Bertz CT molecular complexity index is 498. The Morgan fingerprint density at radius 1 is 0.344 bits per heavy atom. The van der Waals surface area contributed by atoms with Crippen LogP contribution in [0.15, 0.2) is 0 Å². The van der Waals surface area contributed by atoms with E-state index in [0.717, 1.165) is 0 Å². The summed E-state index contributed by atoms with van der Waals surface area (Å²) in [6.45, 7) is 0. The van der Waals surface area contributed by atoms with E-state index in [0.29, 0.717) is 0 Å². The van der Waals surface area contributed by atoms with Crippen LogP contribution in [0.25, 0.3) is 0 Å². The molecule has 18 nitrogen and oxygen atoms in total. The first kappa shape index (κ1) is 40.6. The topological polar surface area (TPSA) is 362 Å². The molecule has 0 rings (SSSR count). The van der Waals surface area contributed by atoms with Crippen LogP contribution in [0.1, 0.15) is 0 Å². The third-order valence-electron chi connectivity index (χ3n) is 2.35. The zero-order valence-electron chi connectivity index (χ0n) is 14.9. The number of carboxylic acids is 6. The van der Waals surface area contributed by atoms with E-state index in [2.05, 4.69) is 0 Å². The Hall–Kier alpha value is -1.78. The number of hydrogen-bond donors (Lipinski definition) is 6. The number of aliphatic hydroxyl groups is 6. The van der Waals surface area contributed by atoms with Crippen molar-refractivity contribution in [2.24, 2.45) is 0 Å². The molecule has 0 aromatic rings. The monoisotopic (exact) mass is 686 g/mol. The Morgan fingerprint density at radius 3 is 0.438 bits per heavy atom. The zero-order valence-corrected chi connectivity index (χ0v) is 20.0. The van der Waals surface area contributed by atoms with Crippen molar-refractivity contribution in [3.8, 4) is 0 Å². The van der Waals surface area contributed by atoms with Crippen LogP contribution in [0.3, 0.4) is 0 Å². The van der Waals surface area contributed by atoms with E-state index >= 15 is 0 Å². The molecule has 0 aromatic carbocycles. The molecule has 20 heteroatoms. The van der Waals surface area contributed by atoms with Gasteiger partial charge in [-0.05, 0) is 0 Å². The van der Waals surface area contributed by atoms with Crippen molar-refractivity contribution in [3.63, 3.8) is 0 Å². The van der Waals surface area contributed by atoms with Crippen molar-refractivity contribution in [1.29, 1.82) is 0 Å². The molecule has 0 saturated heterocycles. The molecule has 0 aliphatic heterocycles. The summed E-state index contributed by atoms with van der Waals surface area (Å²) < 4.78 is 0. The summed E-state index contributed by atoms with van der Waals surface area (Å²) in [6.07, 6.45) is -14.6. The maximum Gasteiger partial charge on any atom is 3.00 e. The van der Waals surface area contributed by atoms with Crippen LogP contribution >= 0.6 is 0 Å². The SMILES string of the molecule is O=C([O-])[C@@H](O)[C@H](O)C(=O)[O-].O=C([O-])[C@@H](O)[C@H](O)C(=O)[O-].O=C([O-])[C@@H](O)[C@H](O)C(=O)[O-].[Sb+3].[Sb+3]. The zero-order chi connectivity index (χ0) is 24.9. The van der Waals surface area contributed by atoms with Gasteiger partial charge in [0, 0.05) is 0 Å². The molecule has 178 valence electrons. The number of rotatable bonds is 9. The van der Waals surface area contributed by atoms with Crippen LogP contribution in [0.4, 0.5) is 0 Å². The Kier molecular flexibility index (Phi) is 25.2. The first-order chi connectivity index (χ1) is 13.4. The quantitative estimate of drug-likeness (QED) is 0.122. The smallest absolute Gasteiger partial charge is 0.547 e. The van der Waals surface area contributed by atoms with E-state index in [1.807, 2.05) is 0 Å². The summed E-state index contributed by atoms with van der Waals surface area (Å²) >= 11 is 0. The third kappa shape index (κ3) is 17.9. The van der Waals surface area contributed by atoms with Crippen LogP contribution in [0.5, 0.6) is 0 Å². The molecule has 0 bridgehead atoms. The van der Waals surface area contributed by atoms with E-state index in [1.165, 1.54) is 0 Å². The standard InChI is InChI=1S/3C4H6O6.2Sb/c3*5-1(3(7)8)2(6)4(9)10;;/h3*1-2,5-6H,(H,7,8)(H,9,10);;/q;;;2*+3/p-6/t3*1-,2-;;/m000../s1. The minimum atomic E-state index is -2.44. The van der Waals surface area contributed by atoms with E-state index in [1.54, 1.807) is 0 Å². The largest absolute Gasteiger partial charge is 3.00 e. The predicted octanol–water partition coefficient (Wildman–Crippen LogP) is -15.1. The van der Waals surface area contributed by atoms with E-state index in [4.69, 9.17) is 30.6 Å². The minimum absolute atomic E-state index is 0. The normalized spacial score (nSPS) is 14.8. The van der Waals surface area contributed by atoms with Gasteiger partial charge in [-0.1, -0.05) is 0 Å². The van der Waals surface area contributed by atoms with Gasteiger partial charge in [0.25, 0.3) is 0 Å². The average Bonchev–Trinajstić information content (AvgIpc) is 2.64. The fraction of sp³-hybridized carbons (Fsp3) is 0.500. The van der Waals surface area contributed by atoms with Gasteiger partial charge in [-0.25, -0.2) is 0 Å². The van der Waals surface area contributed by atoms with Crippen LogP contribution in [0.2, 0.25) is 0 Å². The van der Waals surface area contributed by atoms with Gasteiger partial charge in [0.05, 0.1) is 35.8 Å². The molecule has 0 aliphatic rings. The van der Waals surface area contributed by atoms with Gasteiger partial charge < -0.3 is 90.0 Å². The van der Waals surface area contributed by atoms with Crippen molar-refractivity contribution in [2.45, 2.75) is 36.6 Å². The number of aliphatic hydroxyl groups excluding tert-OH is 6. The first-order valence-electron chi connectivity index (χ1n) is 6.73. The van der Waals surface area contributed by atoms with Crippen LogP contribution < -0.4 is 30.6 Å². The Morgan fingerprint density at radius 2 is 0.406 bits per heavy atom.